The van der Waals surface area contributed by atoms with Crippen LogP contribution in [-0.2, 0) is 6.18 Å². The normalized spacial score (nSPS) is 15.1. The molecule has 0 saturated carbocycles. The number of rotatable bonds is 2. The standard InChI is InChI=1S/C19H19F3N2O2S/c1-12-11-16(13(2)27-12)18(26)24-9-7-23(8-10-24)17(25)14-3-5-15(6-4-14)19(20,21)22/h3-6,11H,7-10H2,1-2H3. The van der Waals surface area contributed by atoms with Crippen molar-refractivity contribution in [2.45, 2.75) is 20.0 Å². The van der Waals surface area contributed by atoms with Crippen LogP contribution in [0.4, 0.5) is 13.2 Å². The molecule has 27 heavy (non-hydrogen) atoms. The molecule has 0 bridgehead atoms. The molecule has 0 unspecified atom stereocenters. The summed E-state index contributed by atoms with van der Waals surface area (Å²) in [5.41, 5.74) is 0.128. The molecule has 0 N–H and O–H groups in total. The van der Waals surface area contributed by atoms with Gasteiger partial charge >= 0.3 is 6.18 Å². The van der Waals surface area contributed by atoms with Gasteiger partial charge in [0.25, 0.3) is 11.8 Å². The number of amides is 2. The van der Waals surface area contributed by atoms with Gasteiger partial charge in [-0.15, -0.1) is 11.3 Å². The number of halogens is 3. The van der Waals surface area contributed by atoms with Crippen molar-refractivity contribution < 1.29 is 22.8 Å². The molecule has 1 fully saturated rings. The third-order valence-electron chi connectivity index (χ3n) is 4.58. The van der Waals surface area contributed by atoms with Gasteiger partial charge in [0, 0.05) is 41.5 Å². The second-order valence-corrected chi connectivity index (χ2v) is 7.95. The summed E-state index contributed by atoms with van der Waals surface area (Å²) < 4.78 is 37.9. The van der Waals surface area contributed by atoms with Crippen molar-refractivity contribution >= 4 is 23.2 Å². The summed E-state index contributed by atoms with van der Waals surface area (Å²) in [5, 5.41) is 0. The molecule has 3 rings (SSSR count). The first kappa shape index (κ1) is 19.4. The average Bonchev–Trinajstić information content (AvgIpc) is 2.98. The highest BCUT2D eigenvalue weighted by atomic mass is 32.1. The van der Waals surface area contributed by atoms with Gasteiger partial charge in [-0.2, -0.15) is 13.2 Å². The molecular formula is C19H19F3N2O2S. The minimum absolute atomic E-state index is 0.0431. The number of hydrogen-bond donors (Lipinski definition) is 0. The van der Waals surface area contributed by atoms with Gasteiger partial charge in [0.2, 0.25) is 0 Å². The summed E-state index contributed by atoms with van der Waals surface area (Å²) in [4.78, 5) is 30.5. The van der Waals surface area contributed by atoms with Gasteiger partial charge in [-0.3, -0.25) is 9.59 Å². The molecule has 0 radical (unpaired) electrons. The molecule has 1 aliphatic rings. The zero-order chi connectivity index (χ0) is 19.8. The van der Waals surface area contributed by atoms with Crippen LogP contribution >= 0.6 is 11.3 Å². The van der Waals surface area contributed by atoms with Crippen LogP contribution < -0.4 is 0 Å². The number of carbonyl (C=O) groups excluding carboxylic acids is 2. The fourth-order valence-electron chi connectivity index (χ4n) is 3.11. The molecule has 1 aromatic heterocycles. The predicted molar refractivity (Wildman–Crippen MR) is 97.0 cm³/mol. The molecule has 1 saturated heterocycles. The maximum atomic E-state index is 12.6. The number of aryl methyl sites for hydroxylation is 2. The molecular weight excluding hydrogens is 377 g/mol. The largest absolute Gasteiger partial charge is 0.416 e. The first-order chi connectivity index (χ1) is 12.7. The average molecular weight is 396 g/mol. The van der Waals surface area contributed by atoms with Crippen LogP contribution in [0.5, 0.6) is 0 Å². The summed E-state index contributed by atoms with van der Waals surface area (Å²) in [7, 11) is 0. The lowest BCUT2D eigenvalue weighted by Crippen LogP contribution is -2.50. The van der Waals surface area contributed by atoms with Crippen LogP contribution in [0.15, 0.2) is 30.3 Å². The predicted octanol–water partition coefficient (Wildman–Crippen LogP) is 3.98. The van der Waals surface area contributed by atoms with Crippen LogP contribution in [0.1, 0.15) is 36.0 Å². The second kappa shape index (κ2) is 7.34. The number of nitrogens with zero attached hydrogens (tertiary/aromatic N) is 2. The second-order valence-electron chi connectivity index (χ2n) is 6.49. The van der Waals surface area contributed by atoms with E-state index in [1.165, 1.54) is 12.1 Å². The summed E-state index contributed by atoms with van der Waals surface area (Å²) in [5.74, 6) is -0.364. The van der Waals surface area contributed by atoms with Crippen molar-refractivity contribution in [2.75, 3.05) is 26.2 Å². The van der Waals surface area contributed by atoms with E-state index >= 15 is 0 Å². The van der Waals surface area contributed by atoms with Crippen molar-refractivity contribution in [3.8, 4) is 0 Å². The third kappa shape index (κ3) is 4.16. The maximum absolute atomic E-state index is 12.6. The summed E-state index contributed by atoms with van der Waals surface area (Å²) >= 11 is 1.57. The quantitative estimate of drug-likeness (QED) is 0.770. The Labute approximate surface area is 159 Å². The molecule has 1 aromatic carbocycles. The number of hydrogen-bond acceptors (Lipinski definition) is 3. The first-order valence-electron chi connectivity index (χ1n) is 8.49. The van der Waals surface area contributed by atoms with Crippen molar-refractivity contribution in [3.05, 3.63) is 56.8 Å². The molecule has 0 aliphatic carbocycles. The zero-order valence-electron chi connectivity index (χ0n) is 15.0. The minimum atomic E-state index is -4.42. The Hall–Kier alpha value is -2.35. The molecule has 0 atom stereocenters. The SMILES string of the molecule is Cc1cc(C(=O)N2CCN(C(=O)c3ccc(C(F)(F)F)cc3)CC2)c(C)s1. The highest BCUT2D eigenvalue weighted by Gasteiger charge is 2.31. The van der Waals surface area contributed by atoms with E-state index in [2.05, 4.69) is 0 Å². The van der Waals surface area contributed by atoms with Gasteiger partial charge in [-0.05, 0) is 44.2 Å². The van der Waals surface area contributed by atoms with Crippen LogP contribution in [0.25, 0.3) is 0 Å². The molecule has 4 nitrogen and oxygen atoms in total. The van der Waals surface area contributed by atoms with Crippen LogP contribution in [0.3, 0.4) is 0 Å². The maximum Gasteiger partial charge on any atom is 0.416 e. The lowest BCUT2D eigenvalue weighted by Gasteiger charge is -2.35. The van der Waals surface area contributed by atoms with Crippen molar-refractivity contribution in [3.63, 3.8) is 0 Å². The number of benzene rings is 1. The minimum Gasteiger partial charge on any atom is -0.335 e. The summed E-state index contributed by atoms with van der Waals surface area (Å²) in [6.45, 7) is 5.38. The Morgan fingerprint density at radius 1 is 0.926 bits per heavy atom. The Morgan fingerprint density at radius 2 is 1.44 bits per heavy atom. The molecule has 2 aromatic rings. The van der Waals surface area contributed by atoms with E-state index in [1.807, 2.05) is 19.9 Å². The van der Waals surface area contributed by atoms with Gasteiger partial charge in [0.15, 0.2) is 0 Å². The topological polar surface area (TPSA) is 40.6 Å². The van der Waals surface area contributed by atoms with E-state index in [0.717, 1.165) is 21.9 Å². The Bertz CT molecular complexity index is 851. The third-order valence-corrected chi connectivity index (χ3v) is 5.55. The van der Waals surface area contributed by atoms with E-state index in [0.29, 0.717) is 31.7 Å². The van der Waals surface area contributed by atoms with E-state index in [4.69, 9.17) is 0 Å². The van der Waals surface area contributed by atoms with Gasteiger partial charge in [-0.1, -0.05) is 0 Å². The fraction of sp³-hybridized carbons (Fsp3) is 0.368. The van der Waals surface area contributed by atoms with Crippen LogP contribution in [0.2, 0.25) is 0 Å². The van der Waals surface area contributed by atoms with Crippen LogP contribution in [0, 0.1) is 13.8 Å². The molecule has 144 valence electrons. The smallest absolute Gasteiger partial charge is 0.335 e. The van der Waals surface area contributed by atoms with Crippen molar-refractivity contribution in [2.24, 2.45) is 0 Å². The summed E-state index contributed by atoms with van der Waals surface area (Å²) in [6, 6.07) is 6.09. The van der Waals surface area contributed by atoms with Crippen molar-refractivity contribution in [1.82, 2.24) is 9.80 Å². The number of carbonyl (C=O) groups is 2. The van der Waals surface area contributed by atoms with Gasteiger partial charge in [0.1, 0.15) is 0 Å². The highest BCUT2D eigenvalue weighted by molar-refractivity contribution is 7.12. The first-order valence-corrected chi connectivity index (χ1v) is 9.31. The lowest BCUT2D eigenvalue weighted by atomic mass is 10.1. The van der Waals surface area contributed by atoms with Gasteiger partial charge in [0.05, 0.1) is 11.1 Å². The highest BCUT2D eigenvalue weighted by Crippen LogP contribution is 2.29. The number of alkyl halides is 3. The Morgan fingerprint density at radius 3 is 1.89 bits per heavy atom. The van der Waals surface area contributed by atoms with E-state index in [9.17, 15) is 22.8 Å². The molecule has 2 amide bonds. The van der Waals surface area contributed by atoms with Gasteiger partial charge in [-0.25, -0.2) is 0 Å². The number of thiophene rings is 1. The monoisotopic (exact) mass is 396 g/mol. The molecule has 2 heterocycles. The number of piperazine rings is 1. The molecule has 0 spiro atoms. The molecule has 1 aliphatic heterocycles. The summed E-state index contributed by atoms with van der Waals surface area (Å²) in [6.07, 6.45) is -4.42. The molecule has 8 heteroatoms. The Balaban J connectivity index is 1.62. The van der Waals surface area contributed by atoms with Crippen molar-refractivity contribution in [1.29, 1.82) is 0 Å². The van der Waals surface area contributed by atoms with Gasteiger partial charge < -0.3 is 9.80 Å². The van der Waals surface area contributed by atoms with E-state index < -0.39 is 11.7 Å². The Kier molecular flexibility index (Phi) is 5.28. The van der Waals surface area contributed by atoms with E-state index in [-0.39, 0.29) is 17.4 Å². The van der Waals surface area contributed by atoms with E-state index in [1.54, 1.807) is 21.1 Å². The zero-order valence-corrected chi connectivity index (χ0v) is 15.8. The lowest BCUT2D eigenvalue weighted by molar-refractivity contribution is -0.137. The fourth-order valence-corrected chi connectivity index (χ4v) is 4.03. The van der Waals surface area contributed by atoms with Crippen LogP contribution in [-0.4, -0.2) is 47.8 Å².